The lowest BCUT2D eigenvalue weighted by molar-refractivity contribution is -0.126. The van der Waals surface area contributed by atoms with Gasteiger partial charge in [0.05, 0.1) is 12.0 Å². The average Bonchev–Trinajstić information content (AvgIpc) is 1.93. The number of rotatable bonds is 2. The van der Waals surface area contributed by atoms with Gasteiger partial charge >= 0.3 is 12.4 Å². The maximum absolute atomic E-state index is 12.2. The molecule has 0 aromatic heterocycles. The Bertz CT molecular complexity index is 261. The predicted molar refractivity (Wildman–Crippen MR) is 44.2 cm³/mol. The third-order valence-electron chi connectivity index (χ3n) is 1.32. The van der Waals surface area contributed by atoms with Crippen molar-refractivity contribution < 1.29 is 26.3 Å². The van der Waals surface area contributed by atoms with Gasteiger partial charge in [-0.1, -0.05) is 17.7 Å². The van der Waals surface area contributed by atoms with Crippen molar-refractivity contribution in [2.45, 2.75) is 32.6 Å². The topological polar surface area (TPSA) is 0 Å². The lowest BCUT2D eigenvalue weighted by atomic mass is 10.1. The fourth-order valence-corrected chi connectivity index (χ4v) is 0.793. The number of halogens is 6. The molecule has 0 amide bonds. The van der Waals surface area contributed by atoms with E-state index in [1.54, 1.807) is 0 Å². The van der Waals surface area contributed by atoms with E-state index in [2.05, 4.69) is 0 Å². The number of allylic oxidation sites excluding steroid dienone is 4. The molecule has 0 nitrogen and oxygen atoms in total. The predicted octanol–water partition coefficient (Wildman–Crippen LogP) is 4.39. The molecule has 0 rings (SSSR count). The monoisotopic (exact) mass is 232 g/mol. The van der Waals surface area contributed by atoms with Crippen molar-refractivity contribution >= 4 is 0 Å². The van der Waals surface area contributed by atoms with E-state index in [1.807, 2.05) is 0 Å². The zero-order valence-corrected chi connectivity index (χ0v) is 8.13. The SMILES string of the molecule is CC(C)=C/C(=C\CC(F)(F)F)C(F)(F)F. The van der Waals surface area contributed by atoms with E-state index in [-0.39, 0.29) is 6.08 Å². The van der Waals surface area contributed by atoms with Crippen LogP contribution < -0.4 is 0 Å². The van der Waals surface area contributed by atoms with Crippen LogP contribution in [0.4, 0.5) is 26.3 Å². The van der Waals surface area contributed by atoms with Crippen LogP contribution in [-0.2, 0) is 0 Å². The molecule has 0 fully saturated rings. The minimum absolute atomic E-state index is 0.146. The summed E-state index contributed by atoms with van der Waals surface area (Å²) in [5, 5.41) is 0. The maximum Gasteiger partial charge on any atom is 0.416 e. The van der Waals surface area contributed by atoms with Crippen molar-refractivity contribution in [3.05, 3.63) is 23.3 Å². The third kappa shape index (κ3) is 7.04. The van der Waals surface area contributed by atoms with Crippen molar-refractivity contribution in [2.75, 3.05) is 0 Å². The Morgan fingerprint density at radius 1 is 1.00 bits per heavy atom. The molecule has 0 radical (unpaired) electrons. The first-order valence-corrected chi connectivity index (χ1v) is 4.01. The van der Waals surface area contributed by atoms with Crippen LogP contribution in [0.5, 0.6) is 0 Å². The summed E-state index contributed by atoms with van der Waals surface area (Å²) in [6.45, 7) is 2.76. The Balaban J connectivity index is 4.89. The number of alkyl halides is 6. The van der Waals surface area contributed by atoms with Gasteiger partial charge in [0.15, 0.2) is 0 Å². The summed E-state index contributed by atoms with van der Waals surface area (Å²) in [6.07, 6.45) is -10.1. The molecule has 0 saturated carbocycles. The molecule has 15 heavy (non-hydrogen) atoms. The van der Waals surface area contributed by atoms with Gasteiger partial charge in [0, 0.05) is 0 Å². The van der Waals surface area contributed by atoms with Crippen LogP contribution >= 0.6 is 0 Å². The van der Waals surface area contributed by atoms with Crippen LogP contribution in [0.3, 0.4) is 0 Å². The molecule has 0 atom stereocenters. The van der Waals surface area contributed by atoms with E-state index in [1.165, 1.54) is 13.8 Å². The fourth-order valence-electron chi connectivity index (χ4n) is 0.793. The second-order valence-electron chi connectivity index (χ2n) is 3.20. The molecule has 6 heteroatoms. The Morgan fingerprint density at radius 2 is 1.47 bits per heavy atom. The average molecular weight is 232 g/mol. The zero-order chi connectivity index (χ0) is 12.3. The van der Waals surface area contributed by atoms with Crippen LogP contribution in [0.15, 0.2) is 23.3 Å². The molecule has 0 aliphatic rings. The standard InChI is InChI=1S/C9H10F6/c1-6(2)5-7(9(13,14)15)3-4-8(10,11)12/h3,5H,4H2,1-2H3/b7-3+. The highest BCUT2D eigenvalue weighted by Crippen LogP contribution is 2.30. The lowest BCUT2D eigenvalue weighted by Gasteiger charge is -2.09. The van der Waals surface area contributed by atoms with E-state index in [0.29, 0.717) is 11.6 Å². The summed E-state index contributed by atoms with van der Waals surface area (Å²) in [5.41, 5.74) is -0.972. The van der Waals surface area contributed by atoms with Crippen molar-refractivity contribution in [1.82, 2.24) is 0 Å². The smallest absolute Gasteiger partial charge is 0.171 e. The molecular weight excluding hydrogens is 222 g/mol. The Morgan fingerprint density at radius 3 is 1.73 bits per heavy atom. The summed E-state index contributed by atoms with van der Waals surface area (Å²) in [5.74, 6) is 0. The molecule has 0 aliphatic carbocycles. The summed E-state index contributed by atoms with van der Waals surface area (Å²) < 4.78 is 71.7. The normalized spacial score (nSPS) is 14.0. The molecule has 88 valence electrons. The van der Waals surface area contributed by atoms with E-state index >= 15 is 0 Å². The van der Waals surface area contributed by atoms with Gasteiger partial charge in [-0.2, -0.15) is 26.3 Å². The molecule has 0 spiro atoms. The highest BCUT2D eigenvalue weighted by Gasteiger charge is 2.34. The molecule has 0 aromatic rings. The molecule has 0 unspecified atom stereocenters. The van der Waals surface area contributed by atoms with Gasteiger partial charge in [-0.15, -0.1) is 0 Å². The second kappa shape index (κ2) is 4.72. The number of hydrogen-bond donors (Lipinski definition) is 0. The Kier molecular flexibility index (Phi) is 4.42. The van der Waals surface area contributed by atoms with E-state index in [9.17, 15) is 26.3 Å². The fraction of sp³-hybridized carbons (Fsp3) is 0.556. The van der Waals surface area contributed by atoms with Gasteiger partial charge in [-0.3, -0.25) is 0 Å². The third-order valence-corrected chi connectivity index (χ3v) is 1.32. The minimum atomic E-state index is -4.75. The van der Waals surface area contributed by atoms with Crippen LogP contribution in [-0.4, -0.2) is 12.4 Å². The van der Waals surface area contributed by atoms with Crippen molar-refractivity contribution in [3.8, 4) is 0 Å². The second-order valence-corrected chi connectivity index (χ2v) is 3.20. The molecular formula is C9H10F6. The minimum Gasteiger partial charge on any atom is -0.171 e. The van der Waals surface area contributed by atoms with Crippen LogP contribution in [0.25, 0.3) is 0 Å². The molecule has 0 aliphatic heterocycles. The van der Waals surface area contributed by atoms with Gasteiger partial charge in [0.2, 0.25) is 0 Å². The number of hydrogen-bond acceptors (Lipinski definition) is 0. The van der Waals surface area contributed by atoms with Crippen molar-refractivity contribution in [2.24, 2.45) is 0 Å². The first-order valence-electron chi connectivity index (χ1n) is 4.01. The van der Waals surface area contributed by atoms with Gasteiger partial charge in [0.1, 0.15) is 0 Å². The van der Waals surface area contributed by atoms with Gasteiger partial charge in [-0.05, 0) is 13.8 Å². The summed E-state index contributed by atoms with van der Waals surface area (Å²) in [7, 11) is 0. The quantitative estimate of drug-likeness (QED) is 0.489. The van der Waals surface area contributed by atoms with Crippen molar-refractivity contribution in [1.29, 1.82) is 0 Å². The van der Waals surface area contributed by atoms with Crippen molar-refractivity contribution in [3.63, 3.8) is 0 Å². The first kappa shape index (κ1) is 14.1. The lowest BCUT2D eigenvalue weighted by Crippen LogP contribution is -2.13. The van der Waals surface area contributed by atoms with E-state index in [0.717, 1.165) is 0 Å². The van der Waals surface area contributed by atoms with E-state index in [4.69, 9.17) is 0 Å². The summed E-state index contributed by atoms with van der Waals surface area (Å²) in [6, 6.07) is 0. The molecule has 0 bridgehead atoms. The highest BCUT2D eigenvalue weighted by atomic mass is 19.4. The molecule has 0 saturated heterocycles. The van der Waals surface area contributed by atoms with Gasteiger partial charge in [-0.25, -0.2) is 0 Å². The largest absolute Gasteiger partial charge is 0.416 e. The maximum atomic E-state index is 12.2. The van der Waals surface area contributed by atoms with Crippen LogP contribution in [0.2, 0.25) is 0 Å². The van der Waals surface area contributed by atoms with Gasteiger partial charge < -0.3 is 0 Å². The first-order chi connectivity index (χ1) is 6.52. The van der Waals surface area contributed by atoms with Gasteiger partial charge in [0.25, 0.3) is 0 Å². The molecule has 0 N–H and O–H groups in total. The summed E-state index contributed by atoms with van der Waals surface area (Å²) in [4.78, 5) is 0. The highest BCUT2D eigenvalue weighted by molar-refractivity contribution is 5.26. The Hall–Kier alpha value is -0.940. The Labute approximate surface area is 83.3 Å². The zero-order valence-electron chi connectivity index (χ0n) is 8.13. The van der Waals surface area contributed by atoms with Crippen LogP contribution in [0, 0.1) is 0 Å². The van der Waals surface area contributed by atoms with E-state index < -0.39 is 24.3 Å². The summed E-state index contributed by atoms with van der Waals surface area (Å²) >= 11 is 0. The molecule has 0 aromatic carbocycles. The molecule has 0 heterocycles. The van der Waals surface area contributed by atoms with Crippen LogP contribution in [0.1, 0.15) is 20.3 Å².